The van der Waals surface area contributed by atoms with Crippen LogP contribution >= 0.6 is 15.9 Å². The molecular formula is C24H21BrFN3O5. The van der Waals surface area contributed by atoms with Gasteiger partial charge >= 0.3 is 5.97 Å². The minimum atomic E-state index is -0.782. The van der Waals surface area contributed by atoms with Crippen LogP contribution in [0, 0.1) is 17.1 Å². The fourth-order valence-corrected chi connectivity index (χ4v) is 3.70. The lowest BCUT2D eigenvalue weighted by Gasteiger charge is -2.26. The van der Waals surface area contributed by atoms with E-state index in [2.05, 4.69) is 21.2 Å². The van der Waals surface area contributed by atoms with E-state index in [1.807, 2.05) is 6.07 Å². The lowest BCUT2D eigenvalue weighted by atomic mass is 9.83. The standard InChI is InChI=1S/C24H21BrFN3O5/c1-3-32-24(31)21-13(2)34-23(28)17(11-27)22(21)14-4-7-16(8-5-14)33-12-20(30)29-19-9-6-15(25)10-18(19)26/h4-10,22H,3,12,28H2,1-2H3,(H,29,30). The first-order valence-corrected chi connectivity index (χ1v) is 11.0. The van der Waals surface area contributed by atoms with Crippen molar-refractivity contribution >= 4 is 33.5 Å². The quantitative estimate of drug-likeness (QED) is 0.513. The highest BCUT2D eigenvalue weighted by atomic mass is 79.9. The van der Waals surface area contributed by atoms with Crippen LogP contribution in [-0.4, -0.2) is 25.1 Å². The number of anilines is 1. The van der Waals surface area contributed by atoms with Crippen LogP contribution in [0.1, 0.15) is 25.3 Å². The Labute approximate surface area is 203 Å². The molecule has 3 N–H and O–H groups in total. The molecule has 2 aromatic carbocycles. The van der Waals surface area contributed by atoms with Gasteiger partial charge in [0.1, 0.15) is 29.0 Å². The van der Waals surface area contributed by atoms with Crippen molar-refractivity contribution in [1.82, 2.24) is 0 Å². The van der Waals surface area contributed by atoms with Gasteiger partial charge in [0.2, 0.25) is 5.88 Å². The first kappa shape index (κ1) is 24.8. The summed E-state index contributed by atoms with van der Waals surface area (Å²) in [5.74, 6) is -1.99. The van der Waals surface area contributed by atoms with Gasteiger partial charge in [-0.15, -0.1) is 0 Å². The zero-order valence-corrected chi connectivity index (χ0v) is 19.9. The number of amides is 1. The van der Waals surface area contributed by atoms with Gasteiger partial charge in [0.25, 0.3) is 5.91 Å². The second-order valence-corrected chi connectivity index (χ2v) is 8.06. The van der Waals surface area contributed by atoms with Crippen molar-refractivity contribution in [1.29, 1.82) is 5.26 Å². The summed E-state index contributed by atoms with van der Waals surface area (Å²) >= 11 is 3.15. The number of allylic oxidation sites excluding steroid dienone is 2. The molecule has 0 saturated carbocycles. The number of halogens is 2. The number of nitrogens with one attached hydrogen (secondary N) is 1. The van der Waals surface area contributed by atoms with Crippen LogP contribution in [0.15, 0.2) is 69.7 Å². The SMILES string of the molecule is CCOC(=O)C1=C(C)OC(N)=C(C#N)C1c1ccc(OCC(=O)Nc2ccc(Br)cc2F)cc1. The summed E-state index contributed by atoms with van der Waals surface area (Å²) < 4.78 is 30.4. The predicted octanol–water partition coefficient (Wildman–Crippen LogP) is 4.25. The fraction of sp³-hybridized carbons (Fsp3) is 0.208. The highest BCUT2D eigenvalue weighted by Crippen LogP contribution is 2.40. The molecule has 3 rings (SSSR count). The van der Waals surface area contributed by atoms with E-state index in [1.54, 1.807) is 44.2 Å². The van der Waals surface area contributed by atoms with E-state index in [-0.39, 0.29) is 41.7 Å². The zero-order chi connectivity index (χ0) is 24.8. The molecule has 1 unspecified atom stereocenters. The Morgan fingerprint density at radius 1 is 1.26 bits per heavy atom. The van der Waals surface area contributed by atoms with Gasteiger partial charge in [0.15, 0.2) is 6.61 Å². The van der Waals surface area contributed by atoms with Crippen molar-refractivity contribution < 1.29 is 28.2 Å². The largest absolute Gasteiger partial charge is 0.484 e. The molecule has 10 heteroatoms. The van der Waals surface area contributed by atoms with E-state index in [9.17, 15) is 19.2 Å². The van der Waals surface area contributed by atoms with Crippen LogP contribution in [0.3, 0.4) is 0 Å². The van der Waals surface area contributed by atoms with E-state index in [0.29, 0.717) is 15.8 Å². The molecule has 0 aromatic heterocycles. The molecule has 1 atom stereocenters. The number of nitrogens with zero attached hydrogens (tertiary/aromatic N) is 1. The molecule has 0 spiro atoms. The van der Waals surface area contributed by atoms with Gasteiger partial charge in [-0.05, 0) is 49.7 Å². The van der Waals surface area contributed by atoms with Crippen LogP contribution in [0.25, 0.3) is 0 Å². The molecule has 1 aliphatic heterocycles. The smallest absolute Gasteiger partial charge is 0.338 e. The highest BCUT2D eigenvalue weighted by molar-refractivity contribution is 9.10. The van der Waals surface area contributed by atoms with Gasteiger partial charge in [-0.25, -0.2) is 9.18 Å². The van der Waals surface area contributed by atoms with Gasteiger partial charge in [-0.3, -0.25) is 4.79 Å². The van der Waals surface area contributed by atoms with Crippen molar-refractivity contribution in [2.45, 2.75) is 19.8 Å². The average molecular weight is 530 g/mol. The third-order valence-electron chi connectivity index (χ3n) is 4.89. The van der Waals surface area contributed by atoms with Gasteiger partial charge in [0, 0.05) is 4.47 Å². The summed E-state index contributed by atoms with van der Waals surface area (Å²) in [6, 6.07) is 12.7. The maximum atomic E-state index is 13.9. The molecule has 0 fully saturated rings. The summed E-state index contributed by atoms with van der Waals surface area (Å²) in [7, 11) is 0. The van der Waals surface area contributed by atoms with Gasteiger partial charge < -0.3 is 25.3 Å². The first-order valence-electron chi connectivity index (χ1n) is 10.2. The van der Waals surface area contributed by atoms with E-state index >= 15 is 0 Å². The number of ether oxygens (including phenoxy) is 3. The summed E-state index contributed by atoms with van der Waals surface area (Å²) in [5, 5.41) is 12.1. The molecule has 34 heavy (non-hydrogen) atoms. The number of nitriles is 1. The fourth-order valence-electron chi connectivity index (χ4n) is 3.37. The Balaban J connectivity index is 1.75. The number of carbonyl (C=O) groups is 2. The highest BCUT2D eigenvalue weighted by Gasteiger charge is 2.36. The number of benzene rings is 2. The Morgan fingerprint density at radius 2 is 1.97 bits per heavy atom. The third kappa shape index (κ3) is 5.55. The second-order valence-electron chi connectivity index (χ2n) is 7.15. The Kier molecular flexibility index (Phi) is 7.91. The van der Waals surface area contributed by atoms with Gasteiger partial charge in [-0.2, -0.15) is 5.26 Å². The van der Waals surface area contributed by atoms with Gasteiger partial charge in [0.05, 0.1) is 23.8 Å². The Hall–Kier alpha value is -3.84. The lowest BCUT2D eigenvalue weighted by Crippen LogP contribution is -2.25. The Bertz CT molecular complexity index is 1220. The van der Waals surface area contributed by atoms with Crippen LogP contribution in [-0.2, 0) is 19.1 Å². The normalized spacial score (nSPS) is 15.3. The minimum Gasteiger partial charge on any atom is -0.484 e. The lowest BCUT2D eigenvalue weighted by molar-refractivity contribution is -0.139. The van der Waals surface area contributed by atoms with Crippen LogP contribution in [0.4, 0.5) is 10.1 Å². The molecule has 2 aromatic rings. The van der Waals surface area contributed by atoms with Crippen LogP contribution in [0.5, 0.6) is 5.75 Å². The molecule has 176 valence electrons. The number of nitrogens with two attached hydrogens (primary N) is 1. The molecule has 1 heterocycles. The van der Waals surface area contributed by atoms with Crippen molar-refractivity contribution in [2.75, 3.05) is 18.5 Å². The van der Waals surface area contributed by atoms with Crippen molar-refractivity contribution in [3.63, 3.8) is 0 Å². The number of rotatable bonds is 7. The monoisotopic (exact) mass is 529 g/mol. The number of hydrogen-bond donors (Lipinski definition) is 2. The van der Waals surface area contributed by atoms with Gasteiger partial charge in [-0.1, -0.05) is 28.1 Å². The summed E-state index contributed by atoms with van der Waals surface area (Å²) in [4.78, 5) is 24.7. The zero-order valence-electron chi connectivity index (χ0n) is 18.4. The van der Waals surface area contributed by atoms with Crippen molar-refractivity contribution in [2.24, 2.45) is 5.73 Å². The first-order chi connectivity index (χ1) is 16.2. The summed E-state index contributed by atoms with van der Waals surface area (Å²) in [5.41, 5.74) is 6.77. The van der Waals surface area contributed by atoms with Crippen LogP contribution in [0.2, 0.25) is 0 Å². The molecule has 0 aliphatic carbocycles. The number of carbonyl (C=O) groups excluding carboxylic acids is 2. The third-order valence-corrected chi connectivity index (χ3v) is 5.38. The molecule has 0 radical (unpaired) electrons. The predicted molar refractivity (Wildman–Crippen MR) is 125 cm³/mol. The van der Waals surface area contributed by atoms with E-state index < -0.39 is 23.6 Å². The molecule has 0 saturated heterocycles. The average Bonchev–Trinajstić information content (AvgIpc) is 2.79. The number of esters is 1. The Morgan fingerprint density at radius 3 is 2.59 bits per heavy atom. The second kappa shape index (κ2) is 10.9. The molecule has 8 nitrogen and oxygen atoms in total. The number of hydrogen-bond acceptors (Lipinski definition) is 7. The van der Waals surface area contributed by atoms with Crippen LogP contribution < -0.4 is 15.8 Å². The van der Waals surface area contributed by atoms with Crippen molar-refractivity contribution in [3.8, 4) is 11.8 Å². The summed E-state index contributed by atoms with van der Waals surface area (Å²) in [6.07, 6.45) is 0. The molecule has 0 bridgehead atoms. The van der Waals surface area contributed by atoms with E-state index in [0.717, 1.165) is 0 Å². The summed E-state index contributed by atoms with van der Waals surface area (Å²) in [6.45, 7) is 3.05. The van der Waals surface area contributed by atoms with Crippen molar-refractivity contribution in [3.05, 3.63) is 81.1 Å². The minimum absolute atomic E-state index is 0.0359. The maximum absolute atomic E-state index is 13.9. The molecule has 1 amide bonds. The van der Waals surface area contributed by atoms with E-state index in [1.165, 1.54) is 12.1 Å². The molecule has 1 aliphatic rings. The molecular weight excluding hydrogens is 509 g/mol. The maximum Gasteiger partial charge on any atom is 0.338 e. The van der Waals surface area contributed by atoms with E-state index in [4.69, 9.17) is 19.9 Å². The topological polar surface area (TPSA) is 124 Å².